The molecule has 10 heteroatoms. The molecule has 1 spiro atoms. The number of nitrogens with zero attached hydrogens (tertiary/aromatic N) is 2. The zero-order valence-corrected chi connectivity index (χ0v) is 24.4. The number of amides is 1. The smallest absolute Gasteiger partial charge is 0.303 e. The van der Waals surface area contributed by atoms with Crippen LogP contribution in [0.3, 0.4) is 0 Å². The van der Waals surface area contributed by atoms with Gasteiger partial charge in [-0.1, -0.05) is 25.1 Å². The molecule has 7 rings (SSSR count). The van der Waals surface area contributed by atoms with E-state index < -0.39 is 34.5 Å². The molecular weight excluding hydrogens is 538 g/mol. The average molecular weight is 576 g/mol. The van der Waals surface area contributed by atoms with Crippen LogP contribution < -0.4 is 24.4 Å². The highest BCUT2D eigenvalue weighted by Crippen LogP contribution is 2.67. The molecule has 0 unspecified atom stereocenters. The Morgan fingerprint density at radius 3 is 2.71 bits per heavy atom. The van der Waals surface area contributed by atoms with E-state index in [-0.39, 0.29) is 25.3 Å². The van der Waals surface area contributed by atoms with Crippen molar-refractivity contribution in [2.45, 2.75) is 55.9 Å². The molecule has 2 aromatic carbocycles. The zero-order chi connectivity index (χ0) is 29.4. The van der Waals surface area contributed by atoms with Crippen LogP contribution in [0.2, 0.25) is 0 Å². The van der Waals surface area contributed by atoms with Crippen LogP contribution in [0.1, 0.15) is 42.6 Å². The van der Waals surface area contributed by atoms with Crippen molar-refractivity contribution in [3.05, 3.63) is 59.7 Å². The van der Waals surface area contributed by atoms with Crippen LogP contribution in [0.5, 0.6) is 17.2 Å². The standard InChI is InChI=1S/C32H37N3O7/c1-5-30-11-6-13-35-14-12-31(27(30)35)22-9-8-21(39-4)16-23(22)34(3)28(31)32(38,29(30)42-19(2)36)17-33-26(37)20-7-10-24-25(15-20)41-18-40-24/h6-11,15-16,27-29,38H,5,12-14,17-18H2,1-4H3,(H,33,37)/t27-,28+,29+,30+,31+,32-/m0/s1. The van der Waals surface area contributed by atoms with Crippen molar-refractivity contribution in [1.82, 2.24) is 10.2 Å². The van der Waals surface area contributed by atoms with Gasteiger partial charge in [0, 0.05) is 54.7 Å². The summed E-state index contributed by atoms with van der Waals surface area (Å²) >= 11 is 0. The predicted octanol–water partition coefficient (Wildman–Crippen LogP) is 2.63. The van der Waals surface area contributed by atoms with Gasteiger partial charge >= 0.3 is 5.97 Å². The fourth-order valence-electron chi connectivity index (χ4n) is 9.01. The molecule has 0 bridgehead atoms. The number of nitrogens with one attached hydrogen (secondary N) is 1. The van der Waals surface area contributed by atoms with Gasteiger partial charge in [-0.25, -0.2) is 0 Å². The third kappa shape index (κ3) is 3.45. The van der Waals surface area contributed by atoms with Crippen LogP contribution in [0.25, 0.3) is 0 Å². The van der Waals surface area contributed by atoms with Crippen LogP contribution in [-0.2, 0) is 14.9 Å². The van der Waals surface area contributed by atoms with Crippen LogP contribution in [0.15, 0.2) is 48.6 Å². The quantitative estimate of drug-likeness (QED) is 0.397. The maximum Gasteiger partial charge on any atom is 0.303 e. The van der Waals surface area contributed by atoms with Gasteiger partial charge in [-0.05, 0) is 49.2 Å². The minimum absolute atomic E-state index is 0.0173. The Labute approximate surface area is 245 Å². The summed E-state index contributed by atoms with van der Waals surface area (Å²) in [6.45, 7) is 5.10. The molecular formula is C32H37N3O7. The number of benzene rings is 2. The molecule has 4 aliphatic heterocycles. The first-order valence-electron chi connectivity index (χ1n) is 14.6. The fourth-order valence-corrected chi connectivity index (χ4v) is 9.01. The molecule has 42 heavy (non-hydrogen) atoms. The largest absolute Gasteiger partial charge is 0.497 e. The second-order valence-corrected chi connectivity index (χ2v) is 12.2. The van der Waals surface area contributed by atoms with E-state index in [0.29, 0.717) is 23.5 Å². The van der Waals surface area contributed by atoms with Crippen LogP contribution >= 0.6 is 0 Å². The number of likely N-dealkylation sites (N-methyl/N-ethyl adjacent to an activating group) is 1. The predicted molar refractivity (Wildman–Crippen MR) is 154 cm³/mol. The lowest BCUT2D eigenvalue weighted by Gasteiger charge is -2.64. The van der Waals surface area contributed by atoms with Gasteiger partial charge in [0.1, 0.15) is 17.5 Å². The Bertz CT molecular complexity index is 1490. The Kier molecular flexibility index (Phi) is 6.05. The van der Waals surface area contributed by atoms with E-state index in [0.717, 1.165) is 36.5 Å². The zero-order valence-electron chi connectivity index (χ0n) is 24.4. The molecule has 0 aromatic heterocycles. The van der Waals surface area contributed by atoms with Crippen molar-refractivity contribution in [2.75, 3.05) is 45.5 Å². The summed E-state index contributed by atoms with van der Waals surface area (Å²) in [5, 5.41) is 16.2. The van der Waals surface area contributed by atoms with Gasteiger partial charge in [0.2, 0.25) is 6.79 Å². The van der Waals surface area contributed by atoms with E-state index in [2.05, 4.69) is 40.3 Å². The van der Waals surface area contributed by atoms with E-state index in [9.17, 15) is 14.7 Å². The molecule has 222 valence electrons. The van der Waals surface area contributed by atoms with Gasteiger partial charge in [0.15, 0.2) is 11.5 Å². The summed E-state index contributed by atoms with van der Waals surface area (Å²) in [5.74, 6) is 0.982. The van der Waals surface area contributed by atoms with Crippen molar-refractivity contribution in [3.63, 3.8) is 0 Å². The van der Waals surface area contributed by atoms with E-state index in [4.69, 9.17) is 18.9 Å². The number of aliphatic hydroxyl groups is 1. The van der Waals surface area contributed by atoms with Crippen molar-refractivity contribution < 1.29 is 33.6 Å². The first-order chi connectivity index (χ1) is 20.2. The highest BCUT2D eigenvalue weighted by Gasteiger charge is 2.77. The summed E-state index contributed by atoms with van der Waals surface area (Å²) < 4.78 is 22.6. The van der Waals surface area contributed by atoms with E-state index in [1.165, 1.54) is 6.92 Å². The number of hydrogen-bond donors (Lipinski definition) is 2. The number of carbonyl (C=O) groups excluding carboxylic acids is 2. The summed E-state index contributed by atoms with van der Waals surface area (Å²) in [4.78, 5) is 30.9. The summed E-state index contributed by atoms with van der Waals surface area (Å²) in [5.41, 5.74) is -0.298. The molecule has 6 atom stereocenters. The number of esters is 1. The SMILES string of the molecule is CC[C@]12C=CCN3CC[C@@]4(c5ccc(OC)cc5N(C)[C@H]4[C@@](O)(CNC(=O)c4ccc5c(c4)OCO5)[C@@H]1OC(C)=O)[C@@H]32. The molecule has 0 radical (unpaired) electrons. The van der Waals surface area contributed by atoms with Crippen molar-refractivity contribution in [3.8, 4) is 17.2 Å². The Hall–Kier alpha value is -3.76. The Morgan fingerprint density at radius 2 is 1.95 bits per heavy atom. The lowest BCUT2D eigenvalue weighted by Crippen LogP contribution is -2.81. The normalized spacial score (nSPS) is 33.5. The summed E-state index contributed by atoms with van der Waals surface area (Å²) in [6.07, 6.45) is 4.85. The van der Waals surface area contributed by atoms with E-state index in [1.54, 1.807) is 25.3 Å². The Balaban J connectivity index is 1.37. The van der Waals surface area contributed by atoms with Crippen LogP contribution in [0.4, 0.5) is 5.69 Å². The number of carbonyl (C=O) groups is 2. The highest BCUT2D eigenvalue weighted by molar-refractivity contribution is 5.95. The van der Waals surface area contributed by atoms with Crippen molar-refractivity contribution >= 4 is 17.6 Å². The van der Waals surface area contributed by atoms with Gasteiger partial charge in [-0.3, -0.25) is 14.5 Å². The molecule has 2 fully saturated rings. The monoisotopic (exact) mass is 575 g/mol. The maximum absolute atomic E-state index is 13.5. The van der Waals surface area contributed by atoms with Crippen molar-refractivity contribution in [1.29, 1.82) is 0 Å². The number of hydrogen-bond acceptors (Lipinski definition) is 9. The molecule has 2 N–H and O–H groups in total. The van der Waals surface area contributed by atoms with Crippen molar-refractivity contribution in [2.24, 2.45) is 5.41 Å². The summed E-state index contributed by atoms with van der Waals surface area (Å²) in [6, 6.07) is 10.6. The van der Waals surface area contributed by atoms with E-state index >= 15 is 0 Å². The lowest BCUT2D eigenvalue weighted by atomic mass is 9.47. The van der Waals surface area contributed by atoms with Gasteiger partial charge in [-0.2, -0.15) is 0 Å². The molecule has 1 saturated heterocycles. The van der Waals surface area contributed by atoms with Gasteiger partial charge < -0.3 is 34.3 Å². The molecule has 5 aliphatic rings. The molecule has 1 saturated carbocycles. The minimum atomic E-state index is -1.65. The second kappa shape index (κ2) is 9.37. The molecule has 2 aromatic rings. The minimum Gasteiger partial charge on any atom is -0.497 e. The van der Waals surface area contributed by atoms with Crippen LogP contribution in [-0.4, -0.2) is 86.3 Å². The number of ether oxygens (including phenoxy) is 4. The van der Waals surface area contributed by atoms with Gasteiger partial charge in [0.05, 0.1) is 19.7 Å². The molecule has 1 amide bonds. The number of methoxy groups -OCH3 is 1. The maximum atomic E-state index is 13.5. The summed E-state index contributed by atoms with van der Waals surface area (Å²) in [7, 11) is 3.62. The van der Waals surface area contributed by atoms with Gasteiger partial charge in [-0.15, -0.1) is 0 Å². The first-order valence-corrected chi connectivity index (χ1v) is 14.6. The number of fused-ring (bicyclic) bond motifs is 2. The second-order valence-electron chi connectivity index (χ2n) is 12.2. The van der Waals surface area contributed by atoms with Crippen LogP contribution in [0, 0.1) is 5.41 Å². The van der Waals surface area contributed by atoms with E-state index in [1.807, 2.05) is 19.2 Å². The third-order valence-corrected chi connectivity index (χ3v) is 10.4. The van der Waals surface area contributed by atoms with Gasteiger partial charge in [0.25, 0.3) is 5.91 Å². The first kappa shape index (κ1) is 27.1. The fraction of sp³-hybridized carbons (Fsp3) is 0.500. The molecule has 4 heterocycles. The molecule has 10 nitrogen and oxygen atoms in total. The molecule has 1 aliphatic carbocycles. The Morgan fingerprint density at radius 1 is 1.14 bits per heavy atom. The lowest BCUT2D eigenvalue weighted by molar-refractivity contribution is -0.216. The highest BCUT2D eigenvalue weighted by atomic mass is 16.7. The average Bonchev–Trinajstić information content (AvgIpc) is 3.69. The topological polar surface area (TPSA) is 110 Å². The third-order valence-electron chi connectivity index (χ3n) is 10.4. The number of anilines is 1. The number of rotatable bonds is 6.